The van der Waals surface area contributed by atoms with E-state index in [4.69, 9.17) is 14.4 Å². The summed E-state index contributed by atoms with van der Waals surface area (Å²) in [6.45, 7) is 1.98. The van der Waals surface area contributed by atoms with Crippen LogP contribution in [-0.4, -0.2) is 36.6 Å². The number of hydrogen-bond acceptors (Lipinski definition) is 8. The number of carbonyl (C=O) groups excluding carboxylic acids is 1. The summed E-state index contributed by atoms with van der Waals surface area (Å²) in [5, 5.41) is 8.98. The molecule has 0 aliphatic rings. The Hall–Kier alpha value is -3.26. The van der Waals surface area contributed by atoms with Gasteiger partial charge in [0.15, 0.2) is 0 Å². The van der Waals surface area contributed by atoms with E-state index in [0.29, 0.717) is 10.6 Å². The highest BCUT2D eigenvalue weighted by atomic mass is 32.1. The number of esters is 1. The van der Waals surface area contributed by atoms with Gasteiger partial charge in [-0.15, -0.1) is 11.3 Å². The summed E-state index contributed by atoms with van der Waals surface area (Å²) in [4.78, 5) is 27.5. The van der Waals surface area contributed by atoms with Crippen molar-refractivity contribution in [3.63, 3.8) is 0 Å². The average Bonchev–Trinajstić information content (AvgIpc) is 3.10. The molecule has 0 atom stereocenters. The fraction of sp³-hybridized carbons (Fsp3) is 0.200. The largest absolute Gasteiger partial charge is 0.464 e. The van der Waals surface area contributed by atoms with Gasteiger partial charge in [-0.2, -0.15) is 0 Å². The molecule has 0 radical (unpaired) electrons. The Morgan fingerprint density at radius 3 is 2.61 bits per heavy atom. The molecule has 0 saturated heterocycles. The highest BCUT2D eigenvalue weighted by Gasteiger charge is 2.24. The van der Waals surface area contributed by atoms with Crippen LogP contribution in [0.4, 0.5) is 0 Å². The first-order chi connectivity index (χ1) is 13.7. The maximum absolute atomic E-state index is 12.2. The summed E-state index contributed by atoms with van der Waals surface area (Å²) in [7, 11) is 2.68. The quantitative estimate of drug-likeness (QED) is 0.344. The van der Waals surface area contributed by atoms with Crippen molar-refractivity contribution in [2.24, 2.45) is 10.3 Å². The minimum atomic E-state index is -0.581. The second-order valence-electron chi connectivity index (χ2n) is 5.69. The zero-order valence-electron chi connectivity index (χ0n) is 15.7. The average molecular weight is 397 g/mol. The molecule has 0 amide bonds. The first kappa shape index (κ1) is 19.5. The van der Waals surface area contributed by atoms with Gasteiger partial charge in [-0.05, 0) is 30.5 Å². The van der Waals surface area contributed by atoms with E-state index in [2.05, 4.69) is 15.3 Å². The van der Waals surface area contributed by atoms with Crippen LogP contribution in [0.2, 0.25) is 0 Å². The van der Waals surface area contributed by atoms with Gasteiger partial charge < -0.3 is 14.4 Å². The van der Waals surface area contributed by atoms with Gasteiger partial charge in [0, 0.05) is 16.5 Å². The molecule has 7 nitrogen and oxygen atoms in total. The van der Waals surface area contributed by atoms with E-state index in [1.165, 1.54) is 25.6 Å². The third-order valence-electron chi connectivity index (χ3n) is 3.92. The Labute approximate surface area is 166 Å². The van der Waals surface area contributed by atoms with Crippen molar-refractivity contribution in [3.8, 4) is 0 Å². The van der Waals surface area contributed by atoms with Crippen molar-refractivity contribution in [2.75, 3.05) is 14.2 Å². The van der Waals surface area contributed by atoms with Crippen LogP contribution < -0.4 is 0 Å². The molecule has 0 bridgehead atoms. The van der Waals surface area contributed by atoms with Crippen LogP contribution in [0.15, 0.2) is 59.0 Å². The number of nitrogens with zero attached hydrogens (tertiary/aromatic N) is 3. The van der Waals surface area contributed by atoms with Crippen molar-refractivity contribution >= 4 is 38.8 Å². The lowest BCUT2D eigenvalue weighted by atomic mass is 10.1. The predicted molar refractivity (Wildman–Crippen MR) is 109 cm³/mol. The Morgan fingerprint density at radius 2 is 1.89 bits per heavy atom. The molecule has 0 unspecified atom stereocenters. The van der Waals surface area contributed by atoms with Crippen molar-refractivity contribution in [1.29, 1.82) is 0 Å². The van der Waals surface area contributed by atoms with Gasteiger partial charge >= 0.3 is 5.97 Å². The van der Waals surface area contributed by atoms with Gasteiger partial charge in [-0.25, -0.2) is 4.79 Å². The number of hydrogen-bond donors (Lipinski definition) is 0. The maximum atomic E-state index is 12.2. The number of pyridine rings is 1. The van der Waals surface area contributed by atoms with Gasteiger partial charge in [-0.3, -0.25) is 4.98 Å². The third kappa shape index (κ3) is 4.17. The number of aromatic nitrogens is 1. The standard InChI is InChI=1S/C20H19N3O4S/c1-13(16-9-6-7-11-21-16)22-27-12-15-14-8-4-5-10-17(14)28-19(15)18(23-26-3)20(24)25-2/h4-11H,12H2,1-3H3. The van der Waals surface area contributed by atoms with Gasteiger partial charge in [0.25, 0.3) is 0 Å². The van der Waals surface area contributed by atoms with Crippen LogP contribution in [0.3, 0.4) is 0 Å². The van der Waals surface area contributed by atoms with Crippen molar-refractivity contribution in [3.05, 3.63) is 64.8 Å². The number of oxime groups is 2. The molecule has 1 aromatic carbocycles. The maximum Gasteiger partial charge on any atom is 0.361 e. The summed E-state index contributed by atoms with van der Waals surface area (Å²) in [5.41, 5.74) is 2.27. The molecule has 0 aliphatic carbocycles. The van der Waals surface area contributed by atoms with Crippen LogP contribution in [-0.2, 0) is 25.8 Å². The fourth-order valence-corrected chi connectivity index (χ4v) is 3.79. The van der Waals surface area contributed by atoms with Crippen molar-refractivity contribution < 1.29 is 19.2 Å². The molecule has 0 saturated carbocycles. The first-order valence-corrected chi connectivity index (χ1v) is 9.25. The molecule has 0 aliphatic heterocycles. The second-order valence-corrected chi connectivity index (χ2v) is 6.74. The molecule has 2 aromatic heterocycles. The molecule has 3 aromatic rings. The van der Waals surface area contributed by atoms with Gasteiger partial charge in [0.1, 0.15) is 19.4 Å². The zero-order chi connectivity index (χ0) is 19.9. The van der Waals surface area contributed by atoms with Crippen LogP contribution in [0.1, 0.15) is 23.1 Å². The summed E-state index contributed by atoms with van der Waals surface area (Å²) < 4.78 is 5.85. The number of methoxy groups -OCH3 is 1. The van der Waals surface area contributed by atoms with Crippen molar-refractivity contribution in [2.45, 2.75) is 13.5 Å². The Bertz CT molecular complexity index is 1030. The predicted octanol–water partition coefficient (Wildman–Crippen LogP) is 3.76. The van der Waals surface area contributed by atoms with E-state index >= 15 is 0 Å². The molecular weight excluding hydrogens is 378 g/mol. The smallest absolute Gasteiger partial charge is 0.361 e. The van der Waals surface area contributed by atoms with Crippen LogP contribution in [0.5, 0.6) is 0 Å². The number of benzene rings is 1. The van der Waals surface area contributed by atoms with E-state index in [0.717, 1.165) is 21.3 Å². The van der Waals surface area contributed by atoms with E-state index in [-0.39, 0.29) is 12.3 Å². The monoisotopic (exact) mass is 397 g/mol. The lowest BCUT2D eigenvalue weighted by molar-refractivity contribution is -0.132. The van der Waals surface area contributed by atoms with E-state index < -0.39 is 5.97 Å². The highest BCUT2D eigenvalue weighted by Crippen LogP contribution is 2.33. The van der Waals surface area contributed by atoms with Gasteiger partial charge in [-0.1, -0.05) is 34.6 Å². The lowest BCUT2D eigenvalue weighted by Crippen LogP contribution is -2.18. The Kier molecular flexibility index (Phi) is 6.33. The molecule has 28 heavy (non-hydrogen) atoms. The topological polar surface area (TPSA) is 82.4 Å². The molecule has 3 rings (SSSR count). The first-order valence-electron chi connectivity index (χ1n) is 8.44. The zero-order valence-corrected chi connectivity index (χ0v) is 16.5. The normalized spacial score (nSPS) is 12.1. The third-order valence-corrected chi connectivity index (χ3v) is 5.14. The minimum absolute atomic E-state index is 0.0928. The molecule has 144 valence electrons. The highest BCUT2D eigenvalue weighted by molar-refractivity contribution is 7.21. The Morgan fingerprint density at radius 1 is 1.11 bits per heavy atom. The van der Waals surface area contributed by atoms with Gasteiger partial charge in [0.2, 0.25) is 5.71 Å². The van der Waals surface area contributed by atoms with E-state index in [9.17, 15) is 4.79 Å². The molecule has 0 spiro atoms. The summed E-state index contributed by atoms with van der Waals surface area (Å²) >= 11 is 1.42. The number of thiophene rings is 1. The summed E-state index contributed by atoms with van der Waals surface area (Å²) in [5.74, 6) is -0.581. The summed E-state index contributed by atoms with van der Waals surface area (Å²) in [6.07, 6.45) is 1.70. The van der Waals surface area contributed by atoms with Crippen molar-refractivity contribution in [1.82, 2.24) is 4.98 Å². The minimum Gasteiger partial charge on any atom is -0.464 e. The SMILES string of the molecule is CON=C(C(=O)OC)c1sc2ccccc2c1CON=C(C)c1ccccn1. The van der Waals surface area contributed by atoms with Crippen LogP contribution in [0.25, 0.3) is 10.1 Å². The number of fused-ring (bicyclic) bond motifs is 1. The number of rotatable bonds is 7. The fourth-order valence-electron chi connectivity index (χ4n) is 2.61. The molecule has 0 N–H and O–H groups in total. The molecule has 2 heterocycles. The second kappa shape index (κ2) is 9.09. The number of ether oxygens (including phenoxy) is 1. The van der Waals surface area contributed by atoms with Gasteiger partial charge in [0.05, 0.1) is 17.7 Å². The Balaban J connectivity index is 1.95. The van der Waals surface area contributed by atoms with Crippen LogP contribution in [0, 0.1) is 0 Å². The molecule has 0 fully saturated rings. The molecule has 8 heteroatoms. The van der Waals surface area contributed by atoms with E-state index in [1.54, 1.807) is 6.20 Å². The van der Waals surface area contributed by atoms with Crippen LogP contribution >= 0.6 is 11.3 Å². The molecular formula is C20H19N3O4S. The number of carbonyl (C=O) groups is 1. The summed E-state index contributed by atoms with van der Waals surface area (Å²) in [6, 6.07) is 13.4. The van der Waals surface area contributed by atoms with E-state index in [1.807, 2.05) is 49.4 Å². The lowest BCUT2D eigenvalue weighted by Gasteiger charge is -2.06.